The number of aromatic nitrogens is 2. The van der Waals surface area contributed by atoms with Gasteiger partial charge in [-0.05, 0) is 13.0 Å². The highest BCUT2D eigenvalue weighted by Crippen LogP contribution is 2.12. The first-order chi connectivity index (χ1) is 13.6. The van der Waals surface area contributed by atoms with Gasteiger partial charge in [0, 0.05) is 50.7 Å². The zero-order valence-corrected chi connectivity index (χ0v) is 15.6. The molecule has 0 aliphatic carbocycles. The van der Waals surface area contributed by atoms with Gasteiger partial charge in [-0.25, -0.2) is 19.2 Å². The van der Waals surface area contributed by atoms with Gasteiger partial charge >= 0.3 is 6.09 Å². The summed E-state index contributed by atoms with van der Waals surface area (Å²) in [4.78, 5) is 36.0. The number of amides is 2. The van der Waals surface area contributed by atoms with Crippen molar-refractivity contribution in [2.75, 3.05) is 37.7 Å². The van der Waals surface area contributed by atoms with E-state index in [2.05, 4.69) is 15.3 Å². The van der Waals surface area contributed by atoms with Gasteiger partial charge < -0.3 is 19.9 Å². The topological polar surface area (TPSA) is 87.7 Å². The number of nitrogens with zero attached hydrogens (tertiary/aromatic N) is 4. The number of hydrogen-bond acceptors (Lipinski definition) is 6. The summed E-state index contributed by atoms with van der Waals surface area (Å²) >= 11 is 0. The summed E-state index contributed by atoms with van der Waals surface area (Å²) in [6, 6.07) is 6.27. The summed E-state index contributed by atoms with van der Waals surface area (Å²) in [7, 11) is 0. The van der Waals surface area contributed by atoms with Crippen molar-refractivity contribution in [1.82, 2.24) is 20.2 Å². The fourth-order valence-electron chi connectivity index (χ4n) is 2.82. The van der Waals surface area contributed by atoms with Gasteiger partial charge in [-0.2, -0.15) is 0 Å². The van der Waals surface area contributed by atoms with Gasteiger partial charge in [0.2, 0.25) is 5.95 Å². The van der Waals surface area contributed by atoms with E-state index >= 15 is 0 Å². The molecule has 1 aliphatic rings. The first-order valence-electron chi connectivity index (χ1n) is 9.08. The Morgan fingerprint density at radius 1 is 1.14 bits per heavy atom. The Morgan fingerprint density at radius 2 is 1.82 bits per heavy atom. The zero-order chi connectivity index (χ0) is 19.9. The molecule has 148 valence electrons. The molecule has 0 spiro atoms. The van der Waals surface area contributed by atoms with Gasteiger partial charge in [0.25, 0.3) is 5.91 Å². The van der Waals surface area contributed by atoms with Crippen molar-refractivity contribution in [2.45, 2.75) is 13.5 Å². The number of rotatable bonds is 5. The molecule has 0 atom stereocenters. The van der Waals surface area contributed by atoms with E-state index in [0.29, 0.717) is 49.9 Å². The molecule has 8 nitrogen and oxygen atoms in total. The predicted molar refractivity (Wildman–Crippen MR) is 100 cm³/mol. The van der Waals surface area contributed by atoms with Crippen molar-refractivity contribution >= 4 is 17.9 Å². The lowest BCUT2D eigenvalue weighted by molar-refractivity contribution is 0.0949. The van der Waals surface area contributed by atoms with Crippen LogP contribution in [0.2, 0.25) is 0 Å². The Balaban J connectivity index is 1.53. The van der Waals surface area contributed by atoms with E-state index < -0.39 is 0 Å². The van der Waals surface area contributed by atoms with E-state index in [1.165, 1.54) is 18.5 Å². The minimum Gasteiger partial charge on any atom is -0.450 e. The monoisotopic (exact) mass is 387 g/mol. The summed E-state index contributed by atoms with van der Waals surface area (Å²) in [6.07, 6.45) is 2.57. The van der Waals surface area contributed by atoms with Gasteiger partial charge in [0.1, 0.15) is 5.82 Å². The van der Waals surface area contributed by atoms with Crippen LogP contribution in [0.15, 0.2) is 36.7 Å². The maximum Gasteiger partial charge on any atom is 0.409 e. The second kappa shape index (κ2) is 9.12. The van der Waals surface area contributed by atoms with E-state index in [4.69, 9.17) is 4.74 Å². The minimum atomic E-state index is -0.373. The second-order valence-corrected chi connectivity index (χ2v) is 6.22. The Kier molecular flexibility index (Phi) is 6.36. The largest absolute Gasteiger partial charge is 0.450 e. The molecule has 28 heavy (non-hydrogen) atoms. The fourth-order valence-corrected chi connectivity index (χ4v) is 2.82. The van der Waals surface area contributed by atoms with E-state index in [0.717, 1.165) is 0 Å². The van der Waals surface area contributed by atoms with E-state index in [1.807, 2.05) is 4.90 Å². The molecule has 1 saturated heterocycles. The average molecular weight is 387 g/mol. The highest BCUT2D eigenvalue weighted by molar-refractivity contribution is 5.93. The standard InChI is InChI=1S/C19H22FN5O3/c1-2-28-19(27)25-9-7-24(8-10-25)18-22-12-15(13-23-18)17(26)21-11-14-5-3-4-6-16(14)20/h3-6,12-13H,2,7-11H2,1H3,(H,21,26). The smallest absolute Gasteiger partial charge is 0.409 e. The number of benzene rings is 1. The predicted octanol–water partition coefficient (Wildman–Crippen LogP) is 1.82. The number of anilines is 1. The summed E-state index contributed by atoms with van der Waals surface area (Å²) in [5.74, 6) is -0.243. The summed E-state index contributed by atoms with van der Waals surface area (Å²) in [5, 5.41) is 2.65. The number of halogens is 1. The molecule has 1 N–H and O–H groups in total. The van der Waals surface area contributed by atoms with Crippen molar-refractivity contribution in [2.24, 2.45) is 0 Å². The fraction of sp³-hybridized carbons (Fsp3) is 0.368. The van der Waals surface area contributed by atoms with Crippen LogP contribution < -0.4 is 10.2 Å². The quantitative estimate of drug-likeness (QED) is 0.842. The van der Waals surface area contributed by atoms with Crippen LogP contribution in [0, 0.1) is 5.82 Å². The molecule has 3 rings (SSSR count). The van der Waals surface area contributed by atoms with Crippen molar-refractivity contribution in [1.29, 1.82) is 0 Å². The molecule has 0 unspecified atom stereocenters. The Bertz CT molecular complexity index is 823. The molecule has 2 heterocycles. The summed E-state index contributed by atoms with van der Waals surface area (Å²) in [6.45, 7) is 4.41. The van der Waals surface area contributed by atoms with Crippen LogP contribution in [0.3, 0.4) is 0 Å². The van der Waals surface area contributed by atoms with Gasteiger partial charge in [0.05, 0.1) is 12.2 Å². The van der Waals surface area contributed by atoms with Crippen LogP contribution in [0.4, 0.5) is 15.1 Å². The van der Waals surface area contributed by atoms with Crippen molar-refractivity contribution in [3.8, 4) is 0 Å². The molecule has 1 aliphatic heterocycles. The van der Waals surface area contributed by atoms with Crippen LogP contribution in [0.25, 0.3) is 0 Å². The molecule has 0 radical (unpaired) electrons. The van der Waals surface area contributed by atoms with Crippen LogP contribution in [-0.2, 0) is 11.3 Å². The van der Waals surface area contributed by atoms with Gasteiger partial charge in [0.15, 0.2) is 0 Å². The van der Waals surface area contributed by atoms with E-state index in [1.54, 1.807) is 30.0 Å². The van der Waals surface area contributed by atoms with E-state index in [-0.39, 0.29) is 24.4 Å². The normalized spacial score (nSPS) is 13.9. The Morgan fingerprint density at radius 3 is 2.46 bits per heavy atom. The van der Waals surface area contributed by atoms with Crippen molar-refractivity contribution in [3.05, 3.63) is 53.6 Å². The molecular weight excluding hydrogens is 365 g/mol. The number of carbonyl (C=O) groups excluding carboxylic acids is 2. The second-order valence-electron chi connectivity index (χ2n) is 6.22. The van der Waals surface area contributed by atoms with Gasteiger partial charge in [-0.3, -0.25) is 4.79 Å². The average Bonchev–Trinajstić information content (AvgIpc) is 2.73. The number of hydrogen-bond donors (Lipinski definition) is 1. The third-order valence-corrected chi connectivity index (χ3v) is 4.39. The molecule has 0 saturated carbocycles. The summed E-state index contributed by atoms with van der Waals surface area (Å²) in [5.41, 5.74) is 0.707. The lowest BCUT2D eigenvalue weighted by Gasteiger charge is -2.33. The van der Waals surface area contributed by atoms with Gasteiger partial charge in [-0.15, -0.1) is 0 Å². The molecule has 0 bridgehead atoms. The lowest BCUT2D eigenvalue weighted by Crippen LogP contribution is -2.49. The van der Waals surface area contributed by atoms with Crippen molar-refractivity contribution < 1.29 is 18.7 Å². The molecular formula is C19H22FN5O3. The highest BCUT2D eigenvalue weighted by Gasteiger charge is 2.23. The first kappa shape index (κ1) is 19.5. The molecule has 1 aromatic heterocycles. The number of ether oxygens (including phenoxy) is 1. The minimum absolute atomic E-state index is 0.0864. The molecule has 2 amide bonds. The van der Waals surface area contributed by atoms with Crippen LogP contribution in [-0.4, -0.2) is 59.7 Å². The third kappa shape index (κ3) is 4.73. The van der Waals surface area contributed by atoms with E-state index in [9.17, 15) is 14.0 Å². The van der Waals surface area contributed by atoms with Crippen LogP contribution >= 0.6 is 0 Å². The number of nitrogens with one attached hydrogen (secondary N) is 1. The zero-order valence-electron chi connectivity index (χ0n) is 15.6. The van der Waals surface area contributed by atoms with Crippen LogP contribution in [0.1, 0.15) is 22.8 Å². The SMILES string of the molecule is CCOC(=O)N1CCN(c2ncc(C(=O)NCc3ccccc3F)cn2)CC1. The first-order valence-corrected chi connectivity index (χ1v) is 9.08. The number of carbonyl (C=O) groups is 2. The number of piperazine rings is 1. The Hall–Kier alpha value is -3.23. The van der Waals surface area contributed by atoms with Crippen LogP contribution in [0.5, 0.6) is 0 Å². The maximum atomic E-state index is 13.6. The molecule has 1 fully saturated rings. The molecule has 2 aromatic rings. The third-order valence-electron chi connectivity index (χ3n) is 4.39. The molecule has 1 aromatic carbocycles. The summed E-state index contributed by atoms with van der Waals surface area (Å²) < 4.78 is 18.6. The lowest BCUT2D eigenvalue weighted by atomic mass is 10.2. The van der Waals surface area contributed by atoms with Gasteiger partial charge in [-0.1, -0.05) is 18.2 Å². The highest BCUT2D eigenvalue weighted by atomic mass is 19.1. The van der Waals surface area contributed by atoms with Crippen molar-refractivity contribution in [3.63, 3.8) is 0 Å². The molecule has 9 heteroatoms. The Labute approximate surface area is 162 Å². The maximum absolute atomic E-state index is 13.6.